The average molecular weight is 282 g/mol. The molecule has 0 bridgehead atoms. The lowest BCUT2D eigenvalue weighted by Crippen LogP contribution is -2.32. The fourth-order valence-electron chi connectivity index (χ4n) is 1.16. The van der Waals surface area contributed by atoms with E-state index in [9.17, 15) is 9.59 Å². The van der Waals surface area contributed by atoms with Crippen LogP contribution in [0.25, 0.3) is 0 Å². The minimum Gasteiger partial charge on any atom is -0.480 e. The standard InChI is InChI=1S/C9H11NO2.C5H11NO2/c10-8(9(11)12)6-7-4-2-1-3-5-7;1-5(2,3)8-6-4-7/h1-5,8H,6,10H2,(H,11,12);4H,1-3H3,(H,6,7)/t8-;/m1./s1. The largest absolute Gasteiger partial charge is 0.480 e. The molecule has 112 valence electrons. The first-order valence-corrected chi connectivity index (χ1v) is 6.15. The maximum absolute atomic E-state index is 10.4. The summed E-state index contributed by atoms with van der Waals surface area (Å²) in [5.74, 6) is -0.959. The predicted molar refractivity (Wildman–Crippen MR) is 75.8 cm³/mol. The Bertz CT molecular complexity index is 401. The van der Waals surface area contributed by atoms with Gasteiger partial charge in [0.05, 0.1) is 5.60 Å². The van der Waals surface area contributed by atoms with Gasteiger partial charge < -0.3 is 10.8 Å². The van der Waals surface area contributed by atoms with Gasteiger partial charge in [0.25, 0.3) is 0 Å². The topological polar surface area (TPSA) is 102 Å². The zero-order valence-electron chi connectivity index (χ0n) is 12.0. The van der Waals surface area contributed by atoms with E-state index in [4.69, 9.17) is 15.7 Å². The summed E-state index contributed by atoms with van der Waals surface area (Å²) >= 11 is 0. The number of carboxylic acid groups (broad SMARTS) is 1. The Morgan fingerprint density at radius 1 is 1.40 bits per heavy atom. The van der Waals surface area contributed by atoms with E-state index in [0.29, 0.717) is 12.8 Å². The fourth-order valence-corrected chi connectivity index (χ4v) is 1.16. The van der Waals surface area contributed by atoms with Crippen LogP contribution in [0, 0.1) is 0 Å². The Hall–Kier alpha value is -1.92. The van der Waals surface area contributed by atoms with Crippen LogP contribution in [-0.2, 0) is 20.8 Å². The number of amides is 1. The summed E-state index contributed by atoms with van der Waals surface area (Å²) in [5, 5.41) is 8.52. The van der Waals surface area contributed by atoms with Crippen LogP contribution in [0.1, 0.15) is 26.3 Å². The highest BCUT2D eigenvalue weighted by Gasteiger charge is 2.11. The van der Waals surface area contributed by atoms with E-state index in [1.165, 1.54) is 0 Å². The van der Waals surface area contributed by atoms with Gasteiger partial charge in [-0.15, -0.1) is 0 Å². The molecule has 6 heteroatoms. The zero-order valence-corrected chi connectivity index (χ0v) is 12.0. The number of nitrogens with two attached hydrogens (primary N) is 1. The van der Waals surface area contributed by atoms with Gasteiger partial charge in [-0.25, -0.2) is 5.48 Å². The second-order valence-corrected chi connectivity index (χ2v) is 5.08. The number of carbonyl (C=O) groups excluding carboxylic acids is 1. The Morgan fingerprint density at radius 2 is 1.95 bits per heavy atom. The second-order valence-electron chi connectivity index (χ2n) is 5.08. The van der Waals surface area contributed by atoms with Crippen molar-refractivity contribution in [2.24, 2.45) is 5.73 Å². The van der Waals surface area contributed by atoms with Crippen LogP contribution in [0.15, 0.2) is 30.3 Å². The van der Waals surface area contributed by atoms with Crippen LogP contribution in [-0.4, -0.2) is 29.1 Å². The van der Waals surface area contributed by atoms with Gasteiger partial charge >= 0.3 is 5.97 Å². The van der Waals surface area contributed by atoms with E-state index in [1.807, 2.05) is 51.1 Å². The van der Waals surface area contributed by atoms with Gasteiger partial charge in [0, 0.05) is 0 Å². The lowest BCUT2D eigenvalue weighted by atomic mass is 10.1. The molecule has 4 N–H and O–H groups in total. The van der Waals surface area contributed by atoms with Gasteiger partial charge in [0.2, 0.25) is 6.41 Å². The molecule has 0 radical (unpaired) electrons. The van der Waals surface area contributed by atoms with E-state index in [2.05, 4.69) is 5.48 Å². The van der Waals surface area contributed by atoms with Crippen molar-refractivity contribution in [1.82, 2.24) is 5.48 Å². The summed E-state index contributed by atoms with van der Waals surface area (Å²) in [6.07, 6.45) is 0.890. The number of benzene rings is 1. The molecular formula is C14H22N2O4. The molecule has 20 heavy (non-hydrogen) atoms. The summed E-state index contributed by atoms with van der Waals surface area (Å²) in [6.45, 7) is 5.55. The maximum atomic E-state index is 10.4. The normalized spacial score (nSPS) is 11.8. The highest BCUT2D eigenvalue weighted by atomic mass is 16.7. The number of rotatable bonds is 5. The van der Waals surface area contributed by atoms with Crippen LogP contribution in [0.2, 0.25) is 0 Å². The maximum Gasteiger partial charge on any atom is 0.320 e. The van der Waals surface area contributed by atoms with Crippen molar-refractivity contribution in [2.75, 3.05) is 0 Å². The molecule has 0 aliphatic rings. The number of aliphatic carboxylic acids is 1. The quantitative estimate of drug-likeness (QED) is 0.554. The summed E-state index contributed by atoms with van der Waals surface area (Å²) < 4.78 is 0. The minimum absolute atomic E-state index is 0.291. The van der Waals surface area contributed by atoms with Crippen LogP contribution in [0.3, 0.4) is 0 Å². The molecule has 0 aromatic heterocycles. The highest BCUT2D eigenvalue weighted by molar-refractivity contribution is 5.73. The number of hydrogen-bond acceptors (Lipinski definition) is 4. The molecule has 0 unspecified atom stereocenters. The lowest BCUT2D eigenvalue weighted by Gasteiger charge is -2.16. The fraction of sp³-hybridized carbons (Fsp3) is 0.429. The molecule has 1 rings (SSSR count). The lowest BCUT2D eigenvalue weighted by molar-refractivity contribution is -0.138. The van der Waals surface area contributed by atoms with Gasteiger partial charge in [-0.2, -0.15) is 0 Å². The molecular weight excluding hydrogens is 260 g/mol. The smallest absolute Gasteiger partial charge is 0.320 e. The predicted octanol–water partition coefficient (Wildman–Crippen LogP) is 1.10. The highest BCUT2D eigenvalue weighted by Crippen LogP contribution is 2.02. The van der Waals surface area contributed by atoms with E-state index >= 15 is 0 Å². The summed E-state index contributed by atoms with van der Waals surface area (Å²) in [7, 11) is 0. The van der Waals surface area contributed by atoms with Crippen molar-refractivity contribution in [3.05, 3.63) is 35.9 Å². The van der Waals surface area contributed by atoms with Gasteiger partial charge in [0.1, 0.15) is 6.04 Å². The molecule has 0 fully saturated rings. The van der Waals surface area contributed by atoms with Crippen LogP contribution >= 0.6 is 0 Å². The molecule has 0 heterocycles. The summed E-state index contributed by atoms with van der Waals surface area (Å²) in [6, 6.07) is 8.54. The summed E-state index contributed by atoms with van der Waals surface area (Å²) in [4.78, 5) is 24.8. The molecule has 6 nitrogen and oxygen atoms in total. The summed E-state index contributed by atoms with van der Waals surface area (Å²) in [5.41, 5.74) is 8.12. The molecule has 0 aliphatic carbocycles. The molecule has 0 saturated carbocycles. The van der Waals surface area contributed by atoms with Gasteiger partial charge in [-0.05, 0) is 32.8 Å². The van der Waals surface area contributed by atoms with Crippen LogP contribution in [0.4, 0.5) is 0 Å². The third-order valence-electron chi connectivity index (χ3n) is 2.03. The van der Waals surface area contributed by atoms with Gasteiger partial charge in [-0.1, -0.05) is 30.3 Å². The minimum atomic E-state index is -0.959. The molecule has 0 saturated heterocycles. The van der Waals surface area contributed by atoms with Crippen molar-refractivity contribution < 1.29 is 19.5 Å². The number of hydroxylamine groups is 1. The van der Waals surface area contributed by atoms with E-state index in [0.717, 1.165) is 5.56 Å². The molecule has 1 aromatic rings. The third kappa shape index (κ3) is 10.0. The molecule has 0 spiro atoms. The first kappa shape index (κ1) is 18.1. The van der Waals surface area contributed by atoms with Crippen molar-refractivity contribution in [2.45, 2.75) is 38.8 Å². The van der Waals surface area contributed by atoms with Crippen molar-refractivity contribution in [3.63, 3.8) is 0 Å². The van der Waals surface area contributed by atoms with E-state index < -0.39 is 12.0 Å². The first-order valence-electron chi connectivity index (χ1n) is 6.15. The number of carbonyl (C=O) groups is 2. The van der Waals surface area contributed by atoms with Gasteiger partial charge in [0.15, 0.2) is 0 Å². The SMILES string of the molecule is CC(C)(C)ONC=O.N[C@H](Cc1ccccc1)C(=O)O. The monoisotopic (exact) mass is 282 g/mol. The number of hydrogen-bond donors (Lipinski definition) is 3. The Labute approximate surface area is 118 Å². The number of nitrogens with one attached hydrogen (secondary N) is 1. The van der Waals surface area contributed by atoms with Crippen molar-refractivity contribution >= 4 is 12.4 Å². The molecule has 1 amide bonds. The van der Waals surface area contributed by atoms with E-state index in [1.54, 1.807) is 0 Å². The number of carboxylic acids is 1. The third-order valence-corrected chi connectivity index (χ3v) is 2.03. The second kappa shape index (κ2) is 9.06. The van der Waals surface area contributed by atoms with Gasteiger partial charge in [-0.3, -0.25) is 14.4 Å². The zero-order chi connectivity index (χ0) is 15.6. The Kier molecular flexibility index (Phi) is 8.19. The van der Waals surface area contributed by atoms with E-state index in [-0.39, 0.29) is 5.60 Å². The molecule has 0 aliphatic heterocycles. The molecule has 1 atom stereocenters. The van der Waals surface area contributed by atoms with Crippen molar-refractivity contribution in [1.29, 1.82) is 0 Å². The molecule has 1 aromatic carbocycles. The van der Waals surface area contributed by atoms with Crippen LogP contribution in [0.5, 0.6) is 0 Å². The van der Waals surface area contributed by atoms with Crippen molar-refractivity contribution in [3.8, 4) is 0 Å². The first-order chi connectivity index (χ1) is 9.26. The Morgan fingerprint density at radius 3 is 2.30 bits per heavy atom. The van der Waals surface area contributed by atoms with Crippen LogP contribution < -0.4 is 11.2 Å². The average Bonchev–Trinajstić information content (AvgIpc) is 2.37. The Balaban J connectivity index is 0.000000396.